The molecule has 0 spiro atoms. The first-order valence-electron chi connectivity index (χ1n) is 6.82. The van der Waals surface area contributed by atoms with E-state index in [1.807, 2.05) is 0 Å². The molecule has 10 heteroatoms. The number of methoxy groups -OCH3 is 1. The van der Waals surface area contributed by atoms with Crippen molar-refractivity contribution in [2.45, 2.75) is 17.7 Å². The minimum atomic E-state index is -3.94. The predicted molar refractivity (Wildman–Crippen MR) is 78.8 cm³/mol. The minimum absolute atomic E-state index is 0.114. The molecule has 1 unspecified atom stereocenters. The Labute approximate surface area is 132 Å². The van der Waals surface area contributed by atoms with Crippen LogP contribution in [-0.2, 0) is 14.8 Å². The molecule has 1 aromatic carbocycles. The molecule has 1 aromatic rings. The standard InChI is InChI=1S/C13H16N2O7S/c1-22-12-7-10(4-5-11(12)15(18)19)23(20,21)14-6-2-3-9(8-14)13(16)17/h4-5,7,9H,2-3,6,8H2,1H3,(H,16,17). The van der Waals surface area contributed by atoms with Gasteiger partial charge in [0, 0.05) is 25.2 Å². The van der Waals surface area contributed by atoms with Gasteiger partial charge in [-0.25, -0.2) is 8.42 Å². The van der Waals surface area contributed by atoms with E-state index in [0.717, 1.165) is 22.5 Å². The summed E-state index contributed by atoms with van der Waals surface area (Å²) in [6, 6.07) is 3.27. The molecule has 0 amide bonds. The molecule has 1 heterocycles. The van der Waals surface area contributed by atoms with Gasteiger partial charge in [-0.05, 0) is 18.9 Å². The highest BCUT2D eigenvalue weighted by atomic mass is 32.2. The molecule has 9 nitrogen and oxygen atoms in total. The van der Waals surface area contributed by atoms with E-state index in [1.165, 1.54) is 7.11 Å². The summed E-state index contributed by atoms with van der Waals surface area (Å²) in [5, 5.41) is 19.9. The fourth-order valence-electron chi connectivity index (χ4n) is 2.48. The van der Waals surface area contributed by atoms with Crippen LogP contribution < -0.4 is 4.74 Å². The number of hydrogen-bond acceptors (Lipinski definition) is 6. The van der Waals surface area contributed by atoms with Crippen LogP contribution in [0.2, 0.25) is 0 Å². The van der Waals surface area contributed by atoms with Crippen LogP contribution in [-0.4, -0.2) is 48.9 Å². The number of benzene rings is 1. The summed E-state index contributed by atoms with van der Waals surface area (Å²) in [7, 11) is -2.73. The third-order valence-electron chi connectivity index (χ3n) is 3.72. The number of ether oxygens (including phenoxy) is 1. The number of nitrogens with zero attached hydrogens (tertiary/aromatic N) is 2. The summed E-state index contributed by atoms with van der Waals surface area (Å²) < 4.78 is 31.2. The van der Waals surface area contributed by atoms with E-state index in [4.69, 9.17) is 9.84 Å². The Kier molecular flexibility index (Phi) is 4.85. The number of nitro groups is 1. The fraction of sp³-hybridized carbons (Fsp3) is 0.462. The second-order valence-electron chi connectivity index (χ2n) is 5.13. The van der Waals surface area contributed by atoms with E-state index >= 15 is 0 Å². The minimum Gasteiger partial charge on any atom is -0.490 e. The van der Waals surface area contributed by atoms with Crippen LogP contribution in [0.3, 0.4) is 0 Å². The first kappa shape index (κ1) is 17.2. The molecule has 0 aromatic heterocycles. The van der Waals surface area contributed by atoms with Gasteiger partial charge in [0.25, 0.3) is 0 Å². The van der Waals surface area contributed by atoms with Gasteiger partial charge in [-0.15, -0.1) is 0 Å². The molecule has 1 saturated heterocycles. The SMILES string of the molecule is COc1cc(S(=O)(=O)N2CCCC(C(=O)O)C2)ccc1[N+](=O)[O-]. The predicted octanol–water partition coefficient (Wildman–Crippen LogP) is 1.09. The van der Waals surface area contributed by atoms with Crippen LogP contribution in [0.5, 0.6) is 5.75 Å². The van der Waals surface area contributed by atoms with Crippen molar-refractivity contribution in [3.8, 4) is 5.75 Å². The van der Waals surface area contributed by atoms with Crippen LogP contribution in [0.4, 0.5) is 5.69 Å². The van der Waals surface area contributed by atoms with E-state index in [2.05, 4.69) is 0 Å². The van der Waals surface area contributed by atoms with Crippen LogP contribution in [0.1, 0.15) is 12.8 Å². The Balaban J connectivity index is 2.36. The molecule has 126 valence electrons. The van der Waals surface area contributed by atoms with E-state index < -0.39 is 26.8 Å². The summed E-state index contributed by atoms with van der Waals surface area (Å²) in [6.45, 7) is 0.0996. The lowest BCUT2D eigenvalue weighted by Gasteiger charge is -2.29. The van der Waals surface area contributed by atoms with Crippen molar-refractivity contribution in [1.29, 1.82) is 0 Å². The molecule has 0 radical (unpaired) electrons. The molecule has 1 N–H and O–H groups in total. The van der Waals surface area contributed by atoms with Gasteiger partial charge in [-0.3, -0.25) is 14.9 Å². The second kappa shape index (κ2) is 6.50. The normalized spacial score (nSPS) is 19.3. The highest BCUT2D eigenvalue weighted by molar-refractivity contribution is 7.89. The van der Waals surface area contributed by atoms with Crippen molar-refractivity contribution in [2.75, 3.05) is 20.2 Å². The van der Waals surface area contributed by atoms with E-state index in [1.54, 1.807) is 0 Å². The van der Waals surface area contributed by atoms with Crippen molar-refractivity contribution in [3.63, 3.8) is 0 Å². The number of rotatable bonds is 5. The molecule has 1 fully saturated rings. The lowest BCUT2D eigenvalue weighted by atomic mass is 10.0. The number of carboxylic acid groups (broad SMARTS) is 1. The van der Waals surface area contributed by atoms with Crippen molar-refractivity contribution < 1.29 is 28.0 Å². The van der Waals surface area contributed by atoms with Gasteiger partial charge >= 0.3 is 11.7 Å². The summed E-state index contributed by atoms with van der Waals surface area (Å²) in [4.78, 5) is 21.1. The smallest absolute Gasteiger partial charge is 0.310 e. The quantitative estimate of drug-likeness (QED) is 0.625. The Bertz CT molecular complexity index is 732. The molecular weight excluding hydrogens is 328 g/mol. The molecule has 0 aliphatic carbocycles. The maximum absolute atomic E-state index is 12.6. The number of carboxylic acids is 1. The third kappa shape index (κ3) is 3.42. The molecule has 0 bridgehead atoms. The Morgan fingerprint density at radius 3 is 2.74 bits per heavy atom. The number of hydrogen-bond donors (Lipinski definition) is 1. The number of nitro benzene ring substituents is 1. The summed E-state index contributed by atoms with van der Waals surface area (Å²) in [6.07, 6.45) is 0.866. The maximum atomic E-state index is 12.6. The average Bonchev–Trinajstić information content (AvgIpc) is 2.54. The van der Waals surface area contributed by atoms with Crippen LogP contribution in [0.15, 0.2) is 23.1 Å². The summed E-state index contributed by atoms with van der Waals surface area (Å²) >= 11 is 0. The third-order valence-corrected chi connectivity index (χ3v) is 5.58. The second-order valence-corrected chi connectivity index (χ2v) is 7.07. The molecule has 23 heavy (non-hydrogen) atoms. The van der Waals surface area contributed by atoms with Gasteiger partial charge in [0.15, 0.2) is 5.75 Å². The van der Waals surface area contributed by atoms with Crippen molar-refractivity contribution in [2.24, 2.45) is 5.92 Å². The topological polar surface area (TPSA) is 127 Å². The van der Waals surface area contributed by atoms with Gasteiger partial charge < -0.3 is 9.84 Å². The van der Waals surface area contributed by atoms with E-state index in [-0.39, 0.29) is 29.4 Å². The lowest BCUT2D eigenvalue weighted by molar-refractivity contribution is -0.385. The first-order valence-corrected chi connectivity index (χ1v) is 8.26. The van der Waals surface area contributed by atoms with E-state index in [0.29, 0.717) is 12.8 Å². The zero-order valence-corrected chi connectivity index (χ0v) is 13.2. The highest BCUT2D eigenvalue weighted by Gasteiger charge is 2.34. The molecule has 0 saturated carbocycles. The van der Waals surface area contributed by atoms with E-state index in [9.17, 15) is 23.3 Å². The number of aliphatic carboxylic acids is 1. The zero-order chi connectivity index (χ0) is 17.2. The summed E-state index contributed by atoms with van der Waals surface area (Å²) in [5.74, 6) is -1.95. The Morgan fingerprint density at radius 2 is 2.17 bits per heavy atom. The lowest BCUT2D eigenvalue weighted by Crippen LogP contribution is -2.42. The largest absolute Gasteiger partial charge is 0.490 e. The van der Waals surface area contributed by atoms with Crippen molar-refractivity contribution >= 4 is 21.7 Å². The zero-order valence-electron chi connectivity index (χ0n) is 12.3. The summed E-state index contributed by atoms with van der Waals surface area (Å²) in [5.41, 5.74) is -0.339. The van der Waals surface area contributed by atoms with Gasteiger partial charge in [0.1, 0.15) is 0 Å². The van der Waals surface area contributed by atoms with Crippen LogP contribution in [0.25, 0.3) is 0 Å². The average molecular weight is 344 g/mol. The molecular formula is C13H16N2O7S. The number of carbonyl (C=O) groups is 1. The monoisotopic (exact) mass is 344 g/mol. The van der Waals surface area contributed by atoms with Gasteiger partial charge in [0.05, 0.1) is 22.8 Å². The van der Waals surface area contributed by atoms with Gasteiger partial charge in [-0.2, -0.15) is 4.31 Å². The fourth-order valence-corrected chi connectivity index (χ4v) is 4.02. The maximum Gasteiger partial charge on any atom is 0.310 e. The molecule has 1 aliphatic rings. The number of sulfonamides is 1. The van der Waals surface area contributed by atoms with Crippen molar-refractivity contribution in [3.05, 3.63) is 28.3 Å². The van der Waals surface area contributed by atoms with Crippen LogP contribution in [0, 0.1) is 16.0 Å². The van der Waals surface area contributed by atoms with Crippen LogP contribution >= 0.6 is 0 Å². The molecule has 1 atom stereocenters. The Morgan fingerprint density at radius 1 is 1.48 bits per heavy atom. The first-order chi connectivity index (χ1) is 10.8. The molecule has 1 aliphatic heterocycles. The highest BCUT2D eigenvalue weighted by Crippen LogP contribution is 2.31. The molecule has 2 rings (SSSR count). The van der Waals surface area contributed by atoms with Gasteiger partial charge in [-0.1, -0.05) is 0 Å². The Hall–Kier alpha value is -2.20. The van der Waals surface area contributed by atoms with Crippen molar-refractivity contribution in [1.82, 2.24) is 4.31 Å². The number of piperidine rings is 1. The van der Waals surface area contributed by atoms with Gasteiger partial charge in [0.2, 0.25) is 10.0 Å².